The zero-order valence-electron chi connectivity index (χ0n) is 15.2. The van der Waals surface area contributed by atoms with Crippen molar-refractivity contribution < 1.29 is 28.5 Å². The Balaban J connectivity index is 1.46. The molecule has 3 rings (SSSR count). The summed E-state index contributed by atoms with van der Waals surface area (Å²) in [5.74, 6) is 0.689. The topological polar surface area (TPSA) is 83.1 Å². The molecule has 0 fully saturated rings. The Morgan fingerprint density at radius 1 is 1.19 bits per heavy atom. The van der Waals surface area contributed by atoms with Gasteiger partial charge in [-0.25, -0.2) is 4.79 Å². The van der Waals surface area contributed by atoms with E-state index in [0.717, 1.165) is 5.56 Å². The first-order valence-electron chi connectivity index (χ1n) is 8.54. The molecule has 7 nitrogen and oxygen atoms in total. The molecule has 0 aromatic heterocycles. The van der Waals surface area contributed by atoms with Gasteiger partial charge in [0.1, 0.15) is 24.0 Å². The molecule has 0 bridgehead atoms. The van der Waals surface area contributed by atoms with Crippen LogP contribution in [-0.4, -0.2) is 44.8 Å². The number of carbonyl (C=O) groups is 2. The van der Waals surface area contributed by atoms with Gasteiger partial charge in [-0.1, -0.05) is 23.8 Å². The SMILES string of the molecule is COc1ccc(C)cc1C(=O)OCC(=O)NC[C@H]1COc2ccccc2O1. The summed E-state index contributed by atoms with van der Waals surface area (Å²) in [7, 11) is 1.47. The average molecular weight is 371 g/mol. The number of methoxy groups -OCH3 is 1. The van der Waals surface area contributed by atoms with Crippen molar-refractivity contribution in [1.29, 1.82) is 0 Å². The zero-order valence-corrected chi connectivity index (χ0v) is 15.2. The van der Waals surface area contributed by atoms with Gasteiger partial charge in [-0.05, 0) is 31.2 Å². The number of carbonyl (C=O) groups excluding carboxylic acids is 2. The lowest BCUT2D eigenvalue weighted by Crippen LogP contribution is -2.42. The van der Waals surface area contributed by atoms with Crippen LogP contribution in [0.3, 0.4) is 0 Å². The minimum atomic E-state index is -0.614. The molecule has 1 aliphatic rings. The van der Waals surface area contributed by atoms with E-state index in [0.29, 0.717) is 23.9 Å². The number of fused-ring (bicyclic) bond motifs is 1. The summed E-state index contributed by atoms with van der Waals surface area (Å²) in [4.78, 5) is 24.2. The fourth-order valence-corrected chi connectivity index (χ4v) is 2.63. The fourth-order valence-electron chi connectivity index (χ4n) is 2.63. The van der Waals surface area contributed by atoms with Gasteiger partial charge in [-0.3, -0.25) is 4.79 Å². The second kappa shape index (κ2) is 8.44. The number of para-hydroxylation sites is 2. The Kier molecular flexibility index (Phi) is 5.80. The first kappa shape index (κ1) is 18.6. The van der Waals surface area contributed by atoms with Crippen molar-refractivity contribution in [3.05, 3.63) is 53.6 Å². The standard InChI is InChI=1S/C20H21NO6/c1-13-7-8-16(24-2)15(9-13)20(23)26-12-19(22)21-10-14-11-25-17-5-3-4-6-18(17)27-14/h3-9,14H,10-12H2,1-2H3,(H,21,22)/t14-/m0/s1. The molecule has 0 saturated carbocycles. The Labute approximate surface area is 157 Å². The molecular formula is C20H21NO6. The molecule has 27 heavy (non-hydrogen) atoms. The van der Waals surface area contributed by atoms with E-state index in [4.69, 9.17) is 18.9 Å². The van der Waals surface area contributed by atoms with Crippen molar-refractivity contribution in [2.24, 2.45) is 0 Å². The molecule has 1 aliphatic heterocycles. The van der Waals surface area contributed by atoms with E-state index < -0.39 is 11.9 Å². The highest BCUT2D eigenvalue weighted by Gasteiger charge is 2.21. The van der Waals surface area contributed by atoms with E-state index in [1.807, 2.05) is 31.2 Å². The maximum atomic E-state index is 12.2. The van der Waals surface area contributed by atoms with Gasteiger partial charge < -0.3 is 24.3 Å². The summed E-state index contributed by atoms with van der Waals surface area (Å²) >= 11 is 0. The van der Waals surface area contributed by atoms with E-state index in [-0.39, 0.29) is 24.8 Å². The molecule has 2 aromatic rings. The van der Waals surface area contributed by atoms with Gasteiger partial charge in [-0.15, -0.1) is 0 Å². The van der Waals surface area contributed by atoms with E-state index >= 15 is 0 Å². The lowest BCUT2D eigenvalue weighted by atomic mass is 10.1. The Bertz CT molecular complexity index is 835. The molecule has 142 valence electrons. The second-order valence-corrected chi connectivity index (χ2v) is 6.08. The third kappa shape index (κ3) is 4.69. The molecule has 2 aromatic carbocycles. The lowest BCUT2D eigenvalue weighted by molar-refractivity contribution is -0.124. The minimum Gasteiger partial charge on any atom is -0.496 e. The number of hydrogen-bond acceptors (Lipinski definition) is 6. The molecule has 0 unspecified atom stereocenters. The molecule has 0 saturated heterocycles. The number of hydrogen-bond donors (Lipinski definition) is 1. The fraction of sp³-hybridized carbons (Fsp3) is 0.300. The van der Waals surface area contributed by atoms with E-state index in [9.17, 15) is 9.59 Å². The molecule has 1 N–H and O–H groups in total. The number of ether oxygens (including phenoxy) is 4. The molecule has 1 amide bonds. The molecule has 7 heteroatoms. The summed E-state index contributed by atoms with van der Waals surface area (Å²) in [6, 6.07) is 12.5. The van der Waals surface area contributed by atoms with E-state index in [1.165, 1.54) is 7.11 Å². The number of esters is 1. The third-order valence-corrected chi connectivity index (χ3v) is 4.00. The van der Waals surface area contributed by atoms with Crippen LogP contribution in [0.5, 0.6) is 17.2 Å². The van der Waals surface area contributed by atoms with Crippen LogP contribution in [-0.2, 0) is 9.53 Å². The van der Waals surface area contributed by atoms with Gasteiger partial charge in [-0.2, -0.15) is 0 Å². The van der Waals surface area contributed by atoms with Crippen LogP contribution in [0.25, 0.3) is 0 Å². The maximum absolute atomic E-state index is 12.2. The van der Waals surface area contributed by atoms with Gasteiger partial charge in [0.25, 0.3) is 5.91 Å². The molecule has 1 heterocycles. The van der Waals surface area contributed by atoms with Gasteiger partial charge in [0, 0.05) is 0 Å². The molecule has 0 spiro atoms. The quantitative estimate of drug-likeness (QED) is 0.783. The van der Waals surface area contributed by atoms with Crippen molar-refractivity contribution >= 4 is 11.9 Å². The van der Waals surface area contributed by atoms with Crippen molar-refractivity contribution in [2.75, 3.05) is 26.9 Å². The summed E-state index contributed by atoms with van der Waals surface area (Å²) in [6.07, 6.45) is -0.309. The Morgan fingerprint density at radius 3 is 2.74 bits per heavy atom. The number of nitrogens with one attached hydrogen (secondary N) is 1. The molecule has 0 radical (unpaired) electrons. The van der Waals surface area contributed by atoms with Crippen LogP contribution in [0.1, 0.15) is 15.9 Å². The van der Waals surface area contributed by atoms with Gasteiger partial charge >= 0.3 is 5.97 Å². The molecular weight excluding hydrogens is 350 g/mol. The summed E-state index contributed by atoms with van der Waals surface area (Å²) < 4.78 is 21.6. The van der Waals surface area contributed by atoms with E-state index in [1.54, 1.807) is 18.2 Å². The van der Waals surface area contributed by atoms with E-state index in [2.05, 4.69) is 5.32 Å². The molecule has 1 atom stereocenters. The predicted octanol–water partition coefficient (Wildman–Crippen LogP) is 2.12. The maximum Gasteiger partial charge on any atom is 0.342 e. The second-order valence-electron chi connectivity index (χ2n) is 6.08. The van der Waals surface area contributed by atoms with Crippen LogP contribution in [0.4, 0.5) is 0 Å². The number of aryl methyl sites for hydroxylation is 1. The summed E-state index contributed by atoms with van der Waals surface area (Å²) in [5.41, 5.74) is 1.17. The lowest BCUT2D eigenvalue weighted by Gasteiger charge is -2.26. The predicted molar refractivity (Wildman–Crippen MR) is 97.4 cm³/mol. The molecule has 0 aliphatic carbocycles. The zero-order chi connectivity index (χ0) is 19.2. The summed E-state index contributed by atoms with van der Waals surface area (Å²) in [5, 5.41) is 2.68. The summed E-state index contributed by atoms with van der Waals surface area (Å²) in [6.45, 7) is 2.05. The smallest absolute Gasteiger partial charge is 0.342 e. The highest BCUT2D eigenvalue weighted by molar-refractivity contribution is 5.94. The highest BCUT2D eigenvalue weighted by atomic mass is 16.6. The van der Waals surface area contributed by atoms with Crippen molar-refractivity contribution in [1.82, 2.24) is 5.32 Å². The average Bonchev–Trinajstić information content (AvgIpc) is 2.70. The largest absolute Gasteiger partial charge is 0.496 e. The van der Waals surface area contributed by atoms with Crippen molar-refractivity contribution in [3.63, 3.8) is 0 Å². The van der Waals surface area contributed by atoms with Crippen LogP contribution in [0, 0.1) is 6.92 Å². The Morgan fingerprint density at radius 2 is 1.96 bits per heavy atom. The third-order valence-electron chi connectivity index (χ3n) is 4.00. The first-order chi connectivity index (χ1) is 13.1. The van der Waals surface area contributed by atoms with Gasteiger partial charge in [0.15, 0.2) is 18.1 Å². The normalized spacial score (nSPS) is 15.0. The first-order valence-corrected chi connectivity index (χ1v) is 8.54. The number of benzene rings is 2. The van der Waals surface area contributed by atoms with Gasteiger partial charge in [0.2, 0.25) is 0 Å². The minimum absolute atomic E-state index is 0.248. The van der Waals surface area contributed by atoms with Crippen molar-refractivity contribution in [3.8, 4) is 17.2 Å². The van der Waals surface area contributed by atoms with Crippen LogP contribution in [0.2, 0.25) is 0 Å². The van der Waals surface area contributed by atoms with Crippen LogP contribution >= 0.6 is 0 Å². The van der Waals surface area contributed by atoms with Crippen LogP contribution < -0.4 is 19.5 Å². The Hall–Kier alpha value is -3.22. The van der Waals surface area contributed by atoms with Crippen LogP contribution in [0.15, 0.2) is 42.5 Å². The number of amides is 1. The monoisotopic (exact) mass is 371 g/mol. The van der Waals surface area contributed by atoms with Gasteiger partial charge in [0.05, 0.1) is 13.7 Å². The number of rotatable bonds is 6. The highest BCUT2D eigenvalue weighted by Crippen LogP contribution is 2.30. The van der Waals surface area contributed by atoms with Crippen molar-refractivity contribution in [2.45, 2.75) is 13.0 Å².